The van der Waals surface area contributed by atoms with Gasteiger partial charge in [0.25, 0.3) is 0 Å². The molecule has 0 radical (unpaired) electrons. The van der Waals surface area contributed by atoms with Crippen molar-refractivity contribution in [2.75, 3.05) is 18.4 Å². The first-order valence-electron chi connectivity index (χ1n) is 6.94. The zero-order valence-corrected chi connectivity index (χ0v) is 11.6. The molecule has 1 aromatic carbocycles. The molecule has 1 atom stereocenters. The summed E-state index contributed by atoms with van der Waals surface area (Å²) < 4.78 is 15.2. The van der Waals surface area contributed by atoms with Gasteiger partial charge in [-0.25, -0.2) is 9.07 Å². The lowest BCUT2D eigenvalue weighted by Gasteiger charge is -2.25. The minimum atomic E-state index is -0.142. The van der Waals surface area contributed by atoms with Gasteiger partial charge in [0.2, 0.25) is 0 Å². The average molecular weight is 274 g/mol. The summed E-state index contributed by atoms with van der Waals surface area (Å²) >= 11 is 0. The van der Waals surface area contributed by atoms with Crippen molar-refractivity contribution in [3.63, 3.8) is 0 Å². The highest BCUT2D eigenvalue weighted by atomic mass is 19.1. The summed E-state index contributed by atoms with van der Waals surface area (Å²) in [5.74, 6) is 1.47. The highest BCUT2D eigenvalue weighted by Crippen LogP contribution is 2.16. The van der Waals surface area contributed by atoms with E-state index in [2.05, 4.69) is 15.7 Å². The summed E-state index contributed by atoms with van der Waals surface area (Å²) in [4.78, 5) is 0. The minimum Gasteiger partial charge on any atom is -0.370 e. The maximum Gasteiger partial charge on any atom is 0.126 e. The van der Waals surface area contributed by atoms with Crippen LogP contribution in [0.1, 0.15) is 11.1 Å². The molecule has 0 spiro atoms. The van der Waals surface area contributed by atoms with Gasteiger partial charge < -0.3 is 10.6 Å². The van der Waals surface area contributed by atoms with Gasteiger partial charge in [-0.15, -0.1) is 0 Å². The van der Waals surface area contributed by atoms with Gasteiger partial charge in [0.1, 0.15) is 11.6 Å². The van der Waals surface area contributed by atoms with E-state index in [1.807, 2.05) is 29.1 Å². The van der Waals surface area contributed by atoms with Gasteiger partial charge in [-0.05, 0) is 24.1 Å². The van der Waals surface area contributed by atoms with Gasteiger partial charge in [0, 0.05) is 38.2 Å². The van der Waals surface area contributed by atoms with Gasteiger partial charge in [-0.3, -0.25) is 0 Å². The summed E-state index contributed by atoms with van der Waals surface area (Å²) in [5, 5.41) is 11.1. The van der Waals surface area contributed by atoms with Crippen molar-refractivity contribution in [1.29, 1.82) is 0 Å². The first-order chi connectivity index (χ1) is 9.72. The van der Waals surface area contributed by atoms with Gasteiger partial charge in [-0.2, -0.15) is 5.10 Å². The van der Waals surface area contributed by atoms with Gasteiger partial charge in [-0.1, -0.05) is 12.1 Å². The van der Waals surface area contributed by atoms with Crippen LogP contribution in [-0.2, 0) is 13.1 Å². The Labute approximate surface area is 118 Å². The summed E-state index contributed by atoms with van der Waals surface area (Å²) in [7, 11) is 0. The number of fused-ring (bicyclic) bond motifs is 1. The molecular weight excluding hydrogens is 255 g/mol. The molecule has 2 N–H and O–H groups in total. The molecule has 0 fully saturated rings. The van der Waals surface area contributed by atoms with Crippen molar-refractivity contribution in [1.82, 2.24) is 15.1 Å². The second-order valence-electron chi connectivity index (χ2n) is 5.36. The summed E-state index contributed by atoms with van der Waals surface area (Å²) in [6.45, 7) is 5.38. The predicted octanol–water partition coefficient (Wildman–Crippen LogP) is 2.16. The Morgan fingerprint density at radius 2 is 2.35 bits per heavy atom. The van der Waals surface area contributed by atoms with Gasteiger partial charge in [0.05, 0.1) is 6.20 Å². The SMILES string of the molecule is Cc1cc(CNC[C@@H]2CNc3ccnn3C2)ccc1F. The van der Waals surface area contributed by atoms with Crippen LogP contribution in [0.25, 0.3) is 0 Å². The third-order valence-corrected chi connectivity index (χ3v) is 3.70. The number of hydrogen-bond acceptors (Lipinski definition) is 3. The molecule has 2 heterocycles. The van der Waals surface area contributed by atoms with E-state index in [9.17, 15) is 4.39 Å². The normalized spacial score (nSPS) is 17.6. The molecule has 0 bridgehead atoms. The Balaban J connectivity index is 1.50. The number of hydrogen-bond donors (Lipinski definition) is 2. The number of anilines is 1. The van der Waals surface area contributed by atoms with Gasteiger partial charge >= 0.3 is 0 Å². The maximum atomic E-state index is 13.2. The van der Waals surface area contributed by atoms with E-state index in [1.165, 1.54) is 6.07 Å². The highest BCUT2D eigenvalue weighted by molar-refractivity contribution is 5.35. The molecule has 1 aliphatic heterocycles. The lowest BCUT2D eigenvalue weighted by atomic mass is 10.1. The summed E-state index contributed by atoms with van der Waals surface area (Å²) in [6, 6.07) is 7.25. The van der Waals surface area contributed by atoms with Crippen molar-refractivity contribution in [3.8, 4) is 0 Å². The number of nitrogens with one attached hydrogen (secondary N) is 2. The highest BCUT2D eigenvalue weighted by Gasteiger charge is 2.17. The topological polar surface area (TPSA) is 41.9 Å². The Kier molecular flexibility index (Phi) is 3.69. The summed E-state index contributed by atoms with van der Waals surface area (Å²) in [5.41, 5.74) is 1.82. The van der Waals surface area contributed by atoms with Crippen LogP contribution in [0.15, 0.2) is 30.5 Å². The quantitative estimate of drug-likeness (QED) is 0.898. The van der Waals surface area contributed by atoms with Crippen LogP contribution >= 0.6 is 0 Å². The third kappa shape index (κ3) is 2.82. The lowest BCUT2D eigenvalue weighted by molar-refractivity contribution is 0.391. The second kappa shape index (κ2) is 5.63. The van der Waals surface area contributed by atoms with Crippen LogP contribution in [0.2, 0.25) is 0 Å². The molecule has 5 heteroatoms. The van der Waals surface area contributed by atoms with Crippen LogP contribution in [-0.4, -0.2) is 22.9 Å². The van der Waals surface area contributed by atoms with E-state index >= 15 is 0 Å². The zero-order valence-electron chi connectivity index (χ0n) is 11.6. The standard InChI is InChI=1S/C15H19FN4/c1-11-6-12(2-3-14(11)16)7-17-8-13-9-18-15-4-5-19-20(15)10-13/h2-6,13,17-18H,7-10H2,1H3/t13-/m1/s1. The molecule has 0 unspecified atom stereocenters. The fourth-order valence-corrected chi connectivity index (χ4v) is 2.56. The fourth-order valence-electron chi connectivity index (χ4n) is 2.56. The number of aromatic nitrogens is 2. The smallest absolute Gasteiger partial charge is 0.126 e. The fraction of sp³-hybridized carbons (Fsp3) is 0.400. The Bertz CT molecular complexity index is 593. The molecule has 20 heavy (non-hydrogen) atoms. The van der Waals surface area contributed by atoms with Crippen LogP contribution in [0.4, 0.5) is 10.2 Å². The molecule has 0 saturated carbocycles. The minimum absolute atomic E-state index is 0.142. The molecule has 0 amide bonds. The van der Waals surface area contributed by atoms with E-state index in [0.29, 0.717) is 11.5 Å². The average Bonchev–Trinajstić information content (AvgIpc) is 2.90. The number of rotatable bonds is 4. The molecule has 106 valence electrons. The van der Waals surface area contributed by atoms with Crippen LogP contribution in [0, 0.1) is 18.7 Å². The molecule has 1 aliphatic rings. The van der Waals surface area contributed by atoms with E-state index < -0.39 is 0 Å². The van der Waals surface area contributed by atoms with E-state index in [1.54, 1.807) is 6.92 Å². The third-order valence-electron chi connectivity index (χ3n) is 3.70. The van der Waals surface area contributed by atoms with Crippen molar-refractivity contribution >= 4 is 5.82 Å². The van der Waals surface area contributed by atoms with Gasteiger partial charge in [0.15, 0.2) is 0 Å². The lowest BCUT2D eigenvalue weighted by Crippen LogP contribution is -2.35. The number of nitrogens with zero attached hydrogens (tertiary/aromatic N) is 2. The predicted molar refractivity (Wildman–Crippen MR) is 77.1 cm³/mol. The molecule has 2 aromatic rings. The second-order valence-corrected chi connectivity index (χ2v) is 5.36. The van der Waals surface area contributed by atoms with E-state index in [4.69, 9.17) is 0 Å². The first kappa shape index (κ1) is 13.1. The van der Waals surface area contributed by atoms with Crippen LogP contribution in [0.5, 0.6) is 0 Å². The Morgan fingerprint density at radius 1 is 1.45 bits per heavy atom. The molecule has 0 saturated heterocycles. The van der Waals surface area contributed by atoms with E-state index in [0.717, 1.165) is 37.6 Å². The molecule has 0 aliphatic carbocycles. The van der Waals surface area contributed by atoms with E-state index in [-0.39, 0.29) is 5.82 Å². The Morgan fingerprint density at radius 3 is 3.20 bits per heavy atom. The van der Waals surface area contributed by atoms with Crippen molar-refractivity contribution < 1.29 is 4.39 Å². The van der Waals surface area contributed by atoms with Crippen LogP contribution in [0.3, 0.4) is 0 Å². The first-order valence-corrected chi connectivity index (χ1v) is 6.94. The Hall–Kier alpha value is -1.88. The zero-order chi connectivity index (χ0) is 13.9. The number of benzene rings is 1. The maximum absolute atomic E-state index is 13.2. The van der Waals surface area contributed by atoms with Crippen LogP contribution < -0.4 is 10.6 Å². The number of halogens is 1. The molecule has 3 rings (SSSR count). The van der Waals surface area contributed by atoms with Crippen molar-refractivity contribution in [2.45, 2.75) is 20.0 Å². The largest absolute Gasteiger partial charge is 0.370 e. The molecular formula is C15H19FN4. The summed E-state index contributed by atoms with van der Waals surface area (Å²) in [6.07, 6.45) is 1.82. The van der Waals surface area contributed by atoms with Crippen molar-refractivity contribution in [2.24, 2.45) is 5.92 Å². The molecule has 1 aromatic heterocycles. The monoisotopic (exact) mass is 274 g/mol. The number of aryl methyl sites for hydroxylation is 1. The van der Waals surface area contributed by atoms with Crippen molar-refractivity contribution in [3.05, 3.63) is 47.4 Å². The molecule has 4 nitrogen and oxygen atoms in total.